The van der Waals surface area contributed by atoms with Gasteiger partial charge in [0.2, 0.25) is 10.0 Å². The quantitative estimate of drug-likeness (QED) is 0.851. The number of hydrogen-bond donors (Lipinski definition) is 1. The second-order valence-electron chi connectivity index (χ2n) is 5.05. The molecule has 2 rings (SSSR count). The molecule has 1 N–H and O–H groups in total. The molecule has 6 heteroatoms. The third-order valence-corrected chi connectivity index (χ3v) is 4.81. The Morgan fingerprint density at radius 2 is 1.95 bits per heavy atom. The van der Waals surface area contributed by atoms with Gasteiger partial charge in [-0.25, -0.2) is 13.1 Å². The number of aromatic nitrogens is 1. The molecule has 2 aromatic rings. The topological polar surface area (TPSA) is 68.3 Å². The molecule has 0 saturated carbocycles. The van der Waals surface area contributed by atoms with Crippen molar-refractivity contribution in [1.29, 1.82) is 0 Å². The van der Waals surface area contributed by atoms with Gasteiger partial charge in [0.1, 0.15) is 0 Å². The third kappa shape index (κ3) is 4.37. The van der Waals surface area contributed by atoms with E-state index in [9.17, 15) is 8.42 Å². The van der Waals surface area contributed by atoms with Gasteiger partial charge in [0.05, 0.1) is 10.9 Å². The molecule has 22 heavy (non-hydrogen) atoms. The van der Waals surface area contributed by atoms with Crippen molar-refractivity contribution in [3.8, 4) is 0 Å². The first-order chi connectivity index (χ1) is 10.5. The lowest BCUT2D eigenvalue weighted by Gasteiger charge is -2.18. The Labute approximate surface area is 131 Å². The summed E-state index contributed by atoms with van der Waals surface area (Å²) >= 11 is 0. The van der Waals surface area contributed by atoms with Gasteiger partial charge in [-0.1, -0.05) is 23.8 Å². The first kappa shape index (κ1) is 16.6. The Morgan fingerprint density at radius 1 is 1.23 bits per heavy atom. The zero-order valence-electron chi connectivity index (χ0n) is 12.7. The van der Waals surface area contributed by atoms with Crippen molar-refractivity contribution >= 4 is 10.0 Å². The molecule has 0 amide bonds. The number of hydrogen-bond acceptors (Lipinski definition) is 4. The molecule has 1 atom stereocenters. The fourth-order valence-corrected chi connectivity index (χ4v) is 3.34. The molecule has 1 unspecified atom stereocenters. The van der Waals surface area contributed by atoms with Crippen LogP contribution < -0.4 is 4.72 Å². The Balaban J connectivity index is 2.24. The van der Waals surface area contributed by atoms with Crippen LogP contribution in [-0.4, -0.2) is 27.1 Å². The van der Waals surface area contributed by atoms with Gasteiger partial charge in [-0.15, -0.1) is 0 Å². The fourth-order valence-electron chi connectivity index (χ4n) is 2.08. The van der Waals surface area contributed by atoms with Gasteiger partial charge >= 0.3 is 0 Å². The summed E-state index contributed by atoms with van der Waals surface area (Å²) in [4.78, 5) is 4.31. The molecule has 5 nitrogen and oxygen atoms in total. The van der Waals surface area contributed by atoms with Crippen LogP contribution in [0.1, 0.15) is 23.6 Å². The maximum absolute atomic E-state index is 12.5. The molecule has 0 aliphatic carbocycles. The molecular weight excluding hydrogens is 300 g/mol. The van der Waals surface area contributed by atoms with Crippen LogP contribution in [0.5, 0.6) is 0 Å². The summed E-state index contributed by atoms with van der Waals surface area (Å²) in [6.07, 6.45) is 3.86. The Morgan fingerprint density at radius 3 is 2.55 bits per heavy atom. The highest BCUT2D eigenvalue weighted by atomic mass is 32.2. The van der Waals surface area contributed by atoms with Gasteiger partial charge in [-0.3, -0.25) is 4.98 Å². The minimum Gasteiger partial charge on any atom is -0.385 e. The van der Waals surface area contributed by atoms with E-state index in [0.717, 1.165) is 11.1 Å². The van der Waals surface area contributed by atoms with Gasteiger partial charge in [-0.2, -0.15) is 0 Å². The normalized spacial score (nSPS) is 13.0. The molecule has 0 spiro atoms. The summed E-state index contributed by atoms with van der Waals surface area (Å²) in [6, 6.07) is 10.0. The standard InChI is InChI=1S/C16H20N2O3S/c1-13-5-7-15(8-6-13)22(19,20)18-16(9-11-21-2)14-4-3-10-17-12-14/h3-8,10,12,16,18H,9,11H2,1-2H3. The Bertz CT molecular complexity index is 685. The smallest absolute Gasteiger partial charge is 0.241 e. The molecule has 0 aliphatic heterocycles. The number of methoxy groups -OCH3 is 1. The van der Waals surface area contributed by atoms with Crippen LogP contribution in [0.15, 0.2) is 53.7 Å². The molecule has 0 saturated heterocycles. The van der Waals surface area contributed by atoms with Gasteiger partial charge in [-0.05, 0) is 37.1 Å². The second kappa shape index (κ2) is 7.49. The van der Waals surface area contributed by atoms with E-state index >= 15 is 0 Å². The van der Waals surface area contributed by atoms with E-state index < -0.39 is 10.0 Å². The predicted octanol–water partition coefficient (Wildman–Crippen LogP) is 2.45. The van der Waals surface area contributed by atoms with Crippen LogP contribution in [0.2, 0.25) is 0 Å². The third-order valence-electron chi connectivity index (χ3n) is 3.33. The van der Waals surface area contributed by atoms with Crippen LogP contribution >= 0.6 is 0 Å². The van der Waals surface area contributed by atoms with E-state index in [1.807, 2.05) is 13.0 Å². The lowest BCUT2D eigenvalue weighted by atomic mass is 10.1. The van der Waals surface area contributed by atoms with E-state index in [4.69, 9.17) is 4.74 Å². The fraction of sp³-hybridized carbons (Fsp3) is 0.312. The van der Waals surface area contributed by atoms with Crippen LogP contribution in [0.25, 0.3) is 0 Å². The van der Waals surface area contributed by atoms with Gasteiger partial charge in [0, 0.05) is 26.1 Å². The largest absolute Gasteiger partial charge is 0.385 e. The minimum atomic E-state index is -3.59. The minimum absolute atomic E-state index is 0.254. The second-order valence-corrected chi connectivity index (χ2v) is 6.77. The lowest BCUT2D eigenvalue weighted by Crippen LogP contribution is -2.29. The Kier molecular flexibility index (Phi) is 5.65. The summed E-state index contributed by atoms with van der Waals surface area (Å²) in [6.45, 7) is 2.37. The highest BCUT2D eigenvalue weighted by molar-refractivity contribution is 7.89. The van der Waals surface area contributed by atoms with Crippen molar-refractivity contribution in [3.05, 3.63) is 59.9 Å². The summed E-state index contributed by atoms with van der Waals surface area (Å²) < 4.78 is 32.8. The van der Waals surface area contributed by atoms with Crippen molar-refractivity contribution in [2.24, 2.45) is 0 Å². The lowest BCUT2D eigenvalue weighted by molar-refractivity contribution is 0.186. The molecule has 0 fully saturated rings. The van der Waals surface area contributed by atoms with E-state index in [1.165, 1.54) is 0 Å². The number of sulfonamides is 1. The first-order valence-electron chi connectivity index (χ1n) is 7.01. The molecule has 1 heterocycles. The van der Waals surface area contributed by atoms with Gasteiger partial charge < -0.3 is 4.74 Å². The molecule has 1 aromatic heterocycles. The number of aryl methyl sites for hydroxylation is 1. The number of ether oxygens (including phenoxy) is 1. The average molecular weight is 320 g/mol. The number of nitrogens with zero attached hydrogens (tertiary/aromatic N) is 1. The molecule has 0 radical (unpaired) electrons. The zero-order valence-corrected chi connectivity index (χ0v) is 13.5. The summed E-state index contributed by atoms with van der Waals surface area (Å²) in [7, 11) is -2.00. The zero-order chi connectivity index (χ0) is 16.0. The van der Waals surface area contributed by atoms with Crippen molar-refractivity contribution in [3.63, 3.8) is 0 Å². The maximum Gasteiger partial charge on any atom is 0.241 e. The average Bonchev–Trinajstić information content (AvgIpc) is 2.52. The molecule has 1 aromatic carbocycles. The highest BCUT2D eigenvalue weighted by Crippen LogP contribution is 2.20. The van der Waals surface area contributed by atoms with E-state index in [1.54, 1.807) is 49.8 Å². The predicted molar refractivity (Wildman–Crippen MR) is 85.0 cm³/mol. The van der Waals surface area contributed by atoms with Crippen molar-refractivity contribution < 1.29 is 13.2 Å². The van der Waals surface area contributed by atoms with Crippen LogP contribution in [-0.2, 0) is 14.8 Å². The van der Waals surface area contributed by atoms with Crippen molar-refractivity contribution in [2.75, 3.05) is 13.7 Å². The number of pyridine rings is 1. The summed E-state index contributed by atoms with van der Waals surface area (Å²) in [5.41, 5.74) is 1.83. The molecule has 118 valence electrons. The van der Waals surface area contributed by atoms with Crippen LogP contribution in [0.3, 0.4) is 0 Å². The first-order valence-corrected chi connectivity index (χ1v) is 8.49. The molecule has 0 aliphatic rings. The molecular formula is C16H20N2O3S. The van der Waals surface area contributed by atoms with Crippen molar-refractivity contribution in [2.45, 2.75) is 24.3 Å². The number of nitrogens with one attached hydrogen (secondary N) is 1. The van der Waals surface area contributed by atoms with Crippen LogP contribution in [0, 0.1) is 6.92 Å². The van der Waals surface area contributed by atoms with Gasteiger partial charge in [0.15, 0.2) is 0 Å². The highest BCUT2D eigenvalue weighted by Gasteiger charge is 2.21. The SMILES string of the molecule is COCCC(NS(=O)(=O)c1ccc(C)cc1)c1cccnc1. The monoisotopic (exact) mass is 320 g/mol. The maximum atomic E-state index is 12.5. The van der Waals surface area contributed by atoms with E-state index in [-0.39, 0.29) is 10.9 Å². The summed E-state index contributed by atoms with van der Waals surface area (Å²) in [5.74, 6) is 0. The van der Waals surface area contributed by atoms with Crippen LogP contribution in [0.4, 0.5) is 0 Å². The van der Waals surface area contributed by atoms with Gasteiger partial charge in [0.25, 0.3) is 0 Å². The molecule has 0 bridgehead atoms. The van der Waals surface area contributed by atoms with Crippen molar-refractivity contribution in [1.82, 2.24) is 9.71 Å². The number of rotatable bonds is 7. The van der Waals surface area contributed by atoms with E-state index in [0.29, 0.717) is 13.0 Å². The van der Waals surface area contributed by atoms with E-state index in [2.05, 4.69) is 9.71 Å². The summed E-state index contributed by atoms with van der Waals surface area (Å²) in [5, 5.41) is 0. The Hall–Kier alpha value is -1.76. The number of benzene rings is 1.